The first-order valence-electron chi connectivity index (χ1n) is 16.5. The minimum Gasteiger partial charge on any atom is -0.449 e. The van der Waals surface area contributed by atoms with Crippen LogP contribution >= 0.6 is 7.60 Å². The summed E-state index contributed by atoms with van der Waals surface area (Å²) in [6.45, 7) is 7.48. The predicted molar refractivity (Wildman–Crippen MR) is 174 cm³/mol. The molecule has 0 aromatic heterocycles. The molecule has 0 radical (unpaired) electrons. The van der Waals surface area contributed by atoms with Crippen LogP contribution in [0.4, 0.5) is 4.79 Å². The number of nitrogens with one attached hydrogen (secondary N) is 1. The number of rotatable bonds is 25. The SMILES string of the molecule is CCCCCCCC/C=C\CCCCCCCCOC(=O)NC1=NC=NC2C1N=CN2CCOCP(=O)(OCC)OCC. The van der Waals surface area contributed by atoms with Crippen LogP contribution in [-0.4, -0.2) is 81.0 Å². The standard InChI is InChI=1S/C31H56N5O6P/c1-4-7-8-9-10-11-12-13-14-15-16-17-18-19-20-21-23-40-31(37)35-29-28-30(33-25-32-29)36(26-34-28)22-24-39-27-43(38,41-5-2)42-6-3/h13-14,25-26,28,30H,4-12,15-24,27H2,1-3H3,(H,32,33,35,37)/b14-13-. The molecule has 1 N–H and O–H groups in total. The summed E-state index contributed by atoms with van der Waals surface area (Å²) in [4.78, 5) is 27.3. The van der Waals surface area contributed by atoms with Gasteiger partial charge in [-0.15, -0.1) is 0 Å². The number of carbonyl (C=O) groups is 1. The molecule has 0 aromatic rings. The molecule has 0 spiro atoms. The highest BCUT2D eigenvalue weighted by Crippen LogP contribution is 2.47. The van der Waals surface area contributed by atoms with Crippen LogP contribution < -0.4 is 5.32 Å². The van der Waals surface area contributed by atoms with Crippen LogP contribution in [0.5, 0.6) is 0 Å². The monoisotopic (exact) mass is 625 g/mol. The molecule has 0 bridgehead atoms. The maximum Gasteiger partial charge on any atom is 0.412 e. The highest BCUT2D eigenvalue weighted by molar-refractivity contribution is 7.53. The summed E-state index contributed by atoms with van der Waals surface area (Å²) in [5.41, 5.74) is 0. The Hall–Kier alpha value is -2.07. The number of hydrogen-bond donors (Lipinski definition) is 1. The molecule has 2 aliphatic rings. The number of alkyl carbamates (subject to hydrolysis) is 1. The minimum absolute atomic E-state index is 0.117. The number of carbonyl (C=O) groups excluding carboxylic acids is 1. The third-order valence-electron chi connectivity index (χ3n) is 7.21. The molecule has 11 nitrogen and oxygen atoms in total. The topological polar surface area (TPSA) is 123 Å². The van der Waals surface area contributed by atoms with Crippen LogP contribution in [0, 0.1) is 0 Å². The first-order chi connectivity index (χ1) is 21.0. The summed E-state index contributed by atoms with van der Waals surface area (Å²) in [6.07, 6.45) is 24.1. The average Bonchev–Trinajstić information content (AvgIpc) is 3.41. The van der Waals surface area contributed by atoms with E-state index in [1.54, 1.807) is 20.2 Å². The van der Waals surface area contributed by atoms with Gasteiger partial charge >= 0.3 is 13.7 Å². The lowest BCUT2D eigenvalue weighted by molar-refractivity contribution is 0.119. The molecule has 12 heteroatoms. The fourth-order valence-corrected chi connectivity index (χ4v) is 6.27. The first-order valence-corrected chi connectivity index (χ1v) is 18.2. The van der Waals surface area contributed by atoms with Gasteiger partial charge in [-0.3, -0.25) is 14.9 Å². The normalized spacial score (nSPS) is 17.9. The summed E-state index contributed by atoms with van der Waals surface area (Å²) in [5, 5.41) is 2.73. The number of aliphatic imine (C=N–C) groups is 3. The predicted octanol–water partition coefficient (Wildman–Crippen LogP) is 7.47. The Balaban J connectivity index is 1.49. The molecule has 0 saturated carbocycles. The van der Waals surface area contributed by atoms with E-state index in [-0.39, 0.29) is 32.3 Å². The quantitative estimate of drug-likeness (QED) is 0.0634. The van der Waals surface area contributed by atoms with E-state index >= 15 is 0 Å². The van der Waals surface area contributed by atoms with Crippen LogP contribution in [0.2, 0.25) is 0 Å². The van der Waals surface area contributed by atoms with Crippen molar-refractivity contribution in [3.05, 3.63) is 12.2 Å². The molecule has 0 aromatic carbocycles. The summed E-state index contributed by atoms with van der Waals surface area (Å²) in [6, 6.07) is -0.430. The maximum absolute atomic E-state index is 12.5. The van der Waals surface area contributed by atoms with Gasteiger partial charge in [-0.05, 0) is 46.0 Å². The third kappa shape index (κ3) is 16.0. The van der Waals surface area contributed by atoms with Crippen LogP contribution in [0.3, 0.4) is 0 Å². The van der Waals surface area contributed by atoms with Gasteiger partial charge in [0.05, 0.1) is 32.8 Å². The van der Waals surface area contributed by atoms with Crippen LogP contribution in [0.25, 0.3) is 0 Å². The van der Waals surface area contributed by atoms with Gasteiger partial charge in [-0.25, -0.2) is 14.8 Å². The lowest BCUT2D eigenvalue weighted by Crippen LogP contribution is -2.48. The van der Waals surface area contributed by atoms with E-state index in [0.29, 0.717) is 19.0 Å². The molecule has 246 valence electrons. The molecule has 2 unspecified atom stereocenters. The van der Waals surface area contributed by atoms with Crippen molar-refractivity contribution in [2.75, 3.05) is 39.3 Å². The zero-order valence-corrected chi connectivity index (χ0v) is 27.7. The molecule has 0 saturated heterocycles. The number of amidine groups is 1. The second kappa shape index (κ2) is 23.3. The number of amides is 1. The first kappa shape index (κ1) is 37.1. The molecular formula is C31H56N5O6P. The van der Waals surface area contributed by atoms with E-state index in [1.165, 1.54) is 77.0 Å². The fraction of sp³-hybridized carbons (Fsp3) is 0.806. The van der Waals surface area contributed by atoms with E-state index in [4.69, 9.17) is 18.5 Å². The van der Waals surface area contributed by atoms with Crippen molar-refractivity contribution in [3.63, 3.8) is 0 Å². The molecule has 43 heavy (non-hydrogen) atoms. The Morgan fingerprint density at radius 1 is 0.884 bits per heavy atom. The summed E-state index contributed by atoms with van der Waals surface area (Å²) < 4.78 is 33.9. The van der Waals surface area contributed by atoms with Gasteiger partial charge in [0, 0.05) is 6.54 Å². The number of allylic oxidation sites excluding steroid dienone is 2. The molecule has 2 atom stereocenters. The van der Waals surface area contributed by atoms with E-state index in [0.717, 1.165) is 19.3 Å². The molecule has 2 rings (SSSR count). The fourth-order valence-electron chi connectivity index (χ4n) is 4.91. The van der Waals surface area contributed by atoms with Gasteiger partial charge < -0.3 is 23.4 Å². The number of unbranched alkanes of at least 4 members (excludes halogenated alkanes) is 12. The van der Waals surface area contributed by atoms with E-state index < -0.39 is 19.7 Å². The van der Waals surface area contributed by atoms with Gasteiger partial charge in [0.2, 0.25) is 0 Å². The Morgan fingerprint density at radius 3 is 2.16 bits per heavy atom. The molecule has 0 fully saturated rings. The Bertz CT molecular complexity index is 918. The molecule has 1 amide bonds. The van der Waals surface area contributed by atoms with Crippen molar-refractivity contribution in [1.82, 2.24) is 10.2 Å². The zero-order valence-electron chi connectivity index (χ0n) is 26.8. The van der Waals surface area contributed by atoms with Crippen molar-refractivity contribution in [3.8, 4) is 0 Å². The maximum atomic E-state index is 12.5. The highest BCUT2D eigenvalue weighted by atomic mass is 31.2. The number of ether oxygens (including phenoxy) is 2. The van der Waals surface area contributed by atoms with Gasteiger partial charge in [0.25, 0.3) is 0 Å². The third-order valence-corrected chi connectivity index (χ3v) is 9.01. The molecule has 2 heterocycles. The van der Waals surface area contributed by atoms with Crippen molar-refractivity contribution in [2.24, 2.45) is 15.0 Å². The van der Waals surface area contributed by atoms with Crippen molar-refractivity contribution in [1.29, 1.82) is 0 Å². The van der Waals surface area contributed by atoms with Gasteiger partial charge in [-0.2, -0.15) is 0 Å². The van der Waals surface area contributed by atoms with Crippen molar-refractivity contribution >= 4 is 32.2 Å². The van der Waals surface area contributed by atoms with Gasteiger partial charge in [-0.1, -0.05) is 76.9 Å². The average molecular weight is 626 g/mol. The summed E-state index contributed by atoms with van der Waals surface area (Å²) in [7, 11) is -3.25. The lowest BCUT2D eigenvalue weighted by Gasteiger charge is -2.27. The molecule has 2 aliphatic heterocycles. The smallest absolute Gasteiger partial charge is 0.412 e. The molecule has 0 aliphatic carbocycles. The van der Waals surface area contributed by atoms with Crippen molar-refractivity contribution in [2.45, 2.75) is 123 Å². The van der Waals surface area contributed by atoms with Gasteiger partial charge in [0.1, 0.15) is 18.5 Å². The Kier molecular flexibility index (Phi) is 20.1. The van der Waals surface area contributed by atoms with E-state index in [1.807, 2.05) is 4.90 Å². The highest BCUT2D eigenvalue weighted by Gasteiger charge is 2.36. The second-order valence-electron chi connectivity index (χ2n) is 10.8. The van der Waals surface area contributed by atoms with Gasteiger partial charge in [0.15, 0.2) is 12.2 Å². The van der Waals surface area contributed by atoms with Crippen LogP contribution in [0.15, 0.2) is 27.1 Å². The largest absolute Gasteiger partial charge is 0.449 e. The molecular weight excluding hydrogens is 569 g/mol. The lowest BCUT2D eigenvalue weighted by atomic mass is 10.1. The second-order valence-corrected chi connectivity index (χ2v) is 12.8. The number of fused-ring (bicyclic) bond motifs is 1. The van der Waals surface area contributed by atoms with E-state index in [9.17, 15) is 9.36 Å². The number of hydrogen-bond acceptors (Lipinski definition) is 10. The van der Waals surface area contributed by atoms with Crippen LogP contribution in [-0.2, 0) is 23.1 Å². The Morgan fingerprint density at radius 2 is 1.51 bits per heavy atom. The summed E-state index contributed by atoms with van der Waals surface area (Å²) >= 11 is 0. The summed E-state index contributed by atoms with van der Waals surface area (Å²) in [5.74, 6) is 0.405. The van der Waals surface area contributed by atoms with E-state index in [2.05, 4.69) is 39.4 Å². The van der Waals surface area contributed by atoms with Crippen LogP contribution in [0.1, 0.15) is 111 Å². The minimum atomic E-state index is -3.25. The zero-order chi connectivity index (χ0) is 31.0. The number of nitrogens with zero attached hydrogens (tertiary/aromatic N) is 4. The Labute approximate surface area is 259 Å². The van der Waals surface area contributed by atoms with Crippen molar-refractivity contribution < 1.29 is 27.9 Å².